The van der Waals surface area contributed by atoms with E-state index in [1.165, 1.54) is 16.7 Å². The molecule has 1 amide bonds. The van der Waals surface area contributed by atoms with Gasteiger partial charge in [0.15, 0.2) is 0 Å². The highest BCUT2D eigenvalue weighted by Crippen LogP contribution is 2.20. The van der Waals surface area contributed by atoms with Crippen molar-refractivity contribution in [3.63, 3.8) is 0 Å². The number of nitrogens with zero attached hydrogens (tertiary/aromatic N) is 2. The Hall–Kier alpha value is -3.40. The minimum atomic E-state index is -0.0368. The quantitative estimate of drug-likeness (QED) is 0.499. The van der Waals surface area contributed by atoms with Crippen LogP contribution in [-0.4, -0.2) is 22.0 Å². The molecule has 1 heterocycles. The van der Waals surface area contributed by atoms with E-state index in [9.17, 15) is 4.79 Å². The van der Waals surface area contributed by atoms with Gasteiger partial charge in [-0.1, -0.05) is 54.1 Å². The maximum Gasteiger partial charge on any atom is 0.251 e. The molecule has 1 aromatic heterocycles. The number of aryl methyl sites for hydroxylation is 3. The average molecular weight is 398 g/mol. The van der Waals surface area contributed by atoms with Crippen molar-refractivity contribution in [2.24, 2.45) is 0 Å². The Morgan fingerprint density at radius 3 is 2.53 bits per heavy atom. The van der Waals surface area contributed by atoms with E-state index in [4.69, 9.17) is 4.98 Å². The van der Waals surface area contributed by atoms with Crippen molar-refractivity contribution < 1.29 is 4.79 Å². The van der Waals surface area contributed by atoms with Crippen LogP contribution in [0.5, 0.6) is 0 Å². The lowest BCUT2D eigenvalue weighted by atomic mass is 10.1. The molecule has 152 valence electrons. The van der Waals surface area contributed by atoms with Gasteiger partial charge in [0, 0.05) is 25.1 Å². The zero-order chi connectivity index (χ0) is 21.1. The van der Waals surface area contributed by atoms with Crippen LogP contribution in [0.2, 0.25) is 0 Å². The molecule has 0 unspecified atom stereocenters. The molecule has 4 aromatic rings. The monoisotopic (exact) mass is 397 g/mol. The first kappa shape index (κ1) is 19.9. The number of fused-ring (bicyclic) bond motifs is 1. The fraction of sp³-hybridized carbons (Fsp3) is 0.231. The lowest BCUT2D eigenvalue weighted by Crippen LogP contribution is -2.27. The van der Waals surface area contributed by atoms with Gasteiger partial charge >= 0.3 is 0 Å². The number of nitrogens with one attached hydrogen (secondary N) is 1. The number of imidazole rings is 1. The van der Waals surface area contributed by atoms with E-state index < -0.39 is 0 Å². The van der Waals surface area contributed by atoms with Gasteiger partial charge in [-0.15, -0.1) is 0 Å². The Bertz CT molecular complexity index is 1210. The molecule has 4 heteroatoms. The number of aromatic nitrogens is 2. The molecule has 30 heavy (non-hydrogen) atoms. The maximum absolute atomic E-state index is 12.5. The Balaban J connectivity index is 1.56. The first-order valence-corrected chi connectivity index (χ1v) is 10.4. The van der Waals surface area contributed by atoms with Crippen molar-refractivity contribution in [1.82, 2.24) is 14.9 Å². The van der Waals surface area contributed by atoms with E-state index >= 15 is 0 Å². The van der Waals surface area contributed by atoms with Gasteiger partial charge < -0.3 is 9.88 Å². The number of hydrogen-bond acceptors (Lipinski definition) is 2. The van der Waals surface area contributed by atoms with Crippen molar-refractivity contribution in [2.45, 2.75) is 33.7 Å². The fourth-order valence-corrected chi connectivity index (χ4v) is 3.84. The van der Waals surface area contributed by atoms with Gasteiger partial charge in [0.05, 0.1) is 11.0 Å². The Labute approximate surface area is 177 Å². The van der Waals surface area contributed by atoms with Crippen LogP contribution in [0.1, 0.15) is 38.4 Å². The molecule has 3 aromatic carbocycles. The van der Waals surface area contributed by atoms with Gasteiger partial charge in [-0.25, -0.2) is 4.98 Å². The molecular weight excluding hydrogens is 370 g/mol. The summed E-state index contributed by atoms with van der Waals surface area (Å²) in [6.45, 7) is 7.55. The molecule has 0 bridgehead atoms. The van der Waals surface area contributed by atoms with Crippen LogP contribution < -0.4 is 5.32 Å². The van der Waals surface area contributed by atoms with Crippen LogP contribution in [0.3, 0.4) is 0 Å². The van der Waals surface area contributed by atoms with Crippen molar-refractivity contribution in [1.29, 1.82) is 0 Å². The summed E-state index contributed by atoms with van der Waals surface area (Å²) in [5.74, 6) is 0.951. The molecule has 0 spiro atoms. The van der Waals surface area contributed by atoms with Crippen LogP contribution >= 0.6 is 0 Å². The lowest BCUT2D eigenvalue weighted by molar-refractivity contribution is 0.0953. The minimum Gasteiger partial charge on any atom is -0.352 e. The molecule has 0 saturated carbocycles. The van der Waals surface area contributed by atoms with Gasteiger partial charge in [0.1, 0.15) is 5.82 Å². The molecule has 0 aliphatic rings. The van der Waals surface area contributed by atoms with Crippen LogP contribution in [0.4, 0.5) is 0 Å². The smallest absolute Gasteiger partial charge is 0.251 e. The second kappa shape index (κ2) is 8.54. The zero-order valence-corrected chi connectivity index (χ0v) is 17.8. The highest BCUT2D eigenvalue weighted by Gasteiger charge is 2.13. The standard InChI is InChI=1S/C26H27N3O/c1-18-12-13-19(2)21(16-18)17-29-24-11-7-6-10-23(24)28-25(29)14-15-27-26(30)22-9-5-4-8-20(22)3/h4-13,16H,14-15,17H2,1-3H3,(H,27,30). The summed E-state index contributed by atoms with van der Waals surface area (Å²) >= 11 is 0. The van der Waals surface area contributed by atoms with Crippen LogP contribution in [-0.2, 0) is 13.0 Å². The fourth-order valence-electron chi connectivity index (χ4n) is 3.84. The predicted octanol–water partition coefficient (Wildman–Crippen LogP) is 4.98. The number of carbonyl (C=O) groups is 1. The molecule has 0 aliphatic heterocycles. The molecule has 0 fully saturated rings. The van der Waals surface area contributed by atoms with Crippen LogP contribution in [0.15, 0.2) is 66.7 Å². The third kappa shape index (κ3) is 4.13. The Morgan fingerprint density at radius 2 is 1.70 bits per heavy atom. The number of hydrogen-bond donors (Lipinski definition) is 1. The largest absolute Gasteiger partial charge is 0.352 e. The summed E-state index contributed by atoms with van der Waals surface area (Å²) in [4.78, 5) is 17.4. The molecule has 0 radical (unpaired) electrons. The lowest BCUT2D eigenvalue weighted by Gasteiger charge is -2.13. The first-order valence-electron chi connectivity index (χ1n) is 10.4. The Morgan fingerprint density at radius 1 is 0.933 bits per heavy atom. The van der Waals surface area contributed by atoms with E-state index in [0.29, 0.717) is 13.0 Å². The third-order valence-corrected chi connectivity index (χ3v) is 5.59. The normalized spacial score (nSPS) is 11.0. The van der Waals surface area contributed by atoms with Gasteiger partial charge in [-0.3, -0.25) is 4.79 Å². The number of carbonyl (C=O) groups excluding carboxylic acids is 1. The van der Waals surface area contributed by atoms with Gasteiger partial charge in [-0.2, -0.15) is 0 Å². The maximum atomic E-state index is 12.5. The molecule has 4 rings (SSSR count). The molecule has 0 saturated heterocycles. The second-order valence-corrected chi connectivity index (χ2v) is 7.85. The van der Waals surface area contributed by atoms with Crippen molar-refractivity contribution in [3.8, 4) is 0 Å². The highest BCUT2D eigenvalue weighted by molar-refractivity contribution is 5.95. The summed E-state index contributed by atoms with van der Waals surface area (Å²) in [6.07, 6.45) is 0.678. The summed E-state index contributed by atoms with van der Waals surface area (Å²) in [5, 5.41) is 3.05. The van der Waals surface area contributed by atoms with Gasteiger partial charge in [0.2, 0.25) is 0 Å². The summed E-state index contributed by atoms with van der Waals surface area (Å²) in [6, 6.07) is 22.4. The molecule has 4 nitrogen and oxygen atoms in total. The highest BCUT2D eigenvalue weighted by atomic mass is 16.1. The molecule has 0 aliphatic carbocycles. The SMILES string of the molecule is Cc1ccc(C)c(Cn2c(CCNC(=O)c3ccccc3C)nc3ccccc32)c1. The molecular formula is C26H27N3O. The molecule has 1 N–H and O–H groups in total. The number of benzene rings is 3. The van der Waals surface area contributed by atoms with E-state index in [2.05, 4.69) is 48.0 Å². The van der Waals surface area contributed by atoms with Crippen LogP contribution in [0, 0.1) is 20.8 Å². The number of amides is 1. The van der Waals surface area contributed by atoms with Crippen molar-refractivity contribution in [3.05, 3.63) is 100 Å². The van der Waals surface area contributed by atoms with E-state index in [1.54, 1.807) is 0 Å². The summed E-state index contributed by atoms with van der Waals surface area (Å²) in [7, 11) is 0. The summed E-state index contributed by atoms with van der Waals surface area (Å²) < 4.78 is 2.27. The van der Waals surface area contributed by atoms with Crippen molar-refractivity contribution in [2.75, 3.05) is 6.54 Å². The topological polar surface area (TPSA) is 46.9 Å². The van der Waals surface area contributed by atoms with Gasteiger partial charge in [-0.05, 0) is 55.7 Å². The predicted molar refractivity (Wildman–Crippen MR) is 122 cm³/mol. The first-order chi connectivity index (χ1) is 14.5. The number of para-hydroxylation sites is 2. The van der Waals surface area contributed by atoms with E-state index in [1.807, 2.05) is 49.4 Å². The van der Waals surface area contributed by atoms with Crippen LogP contribution in [0.25, 0.3) is 11.0 Å². The van der Waals surface area contributed by atoms with Gasteiger partial charge in [0.25, 0.3) is 5.91 Å². The van der Waals surface area contributed by atoms with E-state index in [-0.39, 0.29) is 5.91 Å². The van der Waals surface area contributed by atoms with E-state index in [0.717, 1.165) is 34.5 Å². The third-order valence-electron chi connectivity index (χ3n) is 5.59. The summed E-state index contributed by atoms with van der Waals surface area (Å²) in [5.41, 5.74) is 7.65. The minimum absolute atomic E-state index is 0.0368. The zero-order valence-electron chi connectivity index (χ0n) is 17.8. The average Bonchev–Trinajstić information content (AvgIpc) is 3.08. The Kier molecular flexibility index (Phi) is 5.66. The van der Waals surface area contributed by atoms with Crippen molar-refractivity contribution >= 4 is 16.9 Å². The molecule has 0 atom stereocenters. The number of rotatable bonds is 6. The second-order valence-electron chi connectivity index (χ2n) is 7.85.